The SMILES string of the molecule is C#C/C=N\C=C(/C)COC(=O)C(C)C. The van der Waals surface area contributed by atoms with E-state index in [1.54, 1.807) is 20.0 Å². The molecule has 0 N–H and O–H groups in total. The van der Waals surface area contributed by atoms with Gasteiger partial charge in [-0.05, 0) is 12.5 Å². The van der Waals surface area contributed by atoms with E-state index in [0.717, 1.165) is 5.57 Å². The predicted octanol–water partition coefficient (Wildman–Crippen LogP) is 1.79. The van der Waals surface area contributed by atoms with Gasteiger partial charge in [0.15, 0.2) is 0 Å². The summed E-state index contributed by atoms with van der Waals surface area (Å²) < 4.78 is 4.96. The molecule has 0 aromatic heterocycles. The van der Waals surface area contributed by atoms with Crippen LogP contribution in [0.2, 0.25) is 0 Å². The van der Waals surface area contributed by atoms with E-state index in [9.17, 15) is 4.79 Å². The fourth-order valence-corrected chi connectivity index (χ4v) is 0.596. The standard InChI is InChI=1S/C11H15NO2/c1-5-6-12-7-10(4)8-14-11(13)9(2)3/h1,6-7,9H,8H2,2-4H3/b10-7+,12-6-. The first-order chi connectivity index (χ1) is 6.57. The topological polar surface area (TPSA) is 38.7 Å². The van der Waals surface area contributed by atoms with Crippen LogP contribution in [0, 0.1) is 18.3 Å². The summed E-state index contributed by atoms with van der Waals surface area (Å²) in [6, 6.07) is 0. The summed E-state index contributed by atoms with van der Waals surface area (Å²) in [5.41, 5.74) is 0.852. The number of hydrogen-bond donors (Lipinski definition) is 0. The van der Waals surface area contributed by atoms with Crippen molar-refractivity contribution in [1.82, 2.24) is 0 Å². The van der Waals surface area contributed by atoms with Gasteiger partial charge >= 0.3 is 5.97 Å². The van der Waals surface area contributed by atoms with Gasteiger partial charge in [-0.1, -0.05) is 19.8 Å². The lowest BCUT2D eigenvalue weighted by Crippen LogP contribution is -2.12. The molecule has 3 heteroatoms. The Kier molecular flexibility index (Phi) is 6.13. The number of ether oxygens (including phenoxy) is 1. The summed E-state index contributed by atoms with van der Waals surface area (Å²) in [5.74, 6) is 1.95. The van der Waals surface area contributed by atoms with Crippen LogP contribution in [0.1, 0.15) is 20.8 Å². The van der Waals surface area contributed by atoms with Crippen LogP contribution in [-0.4, -0.2) is 18.8 Å². The van der Waals surface area contributed by atoms with Gasteiger partial charge in [0.25, 0.3) is 0 Å². The lowest BCUT2D eigenvalue weighted by Gasteiger charge is -2.06. The van der Waals surface area contributed by atoms with Crippen LogP contribution >= 0.6 is 0 Å². The average Bonchev–Trinajstić information content (AvgIpc) is 2.14. The largest absolute Gasteiger partial charge is 0.461 e. The van der Waals surface area contributed by atoms with E-state index < -0.39 is 0 Å². The minimum atomic E-state index is -0.210. The zero-order valence-electron chi connectivity index (χ0n) is 8.78. The van der Waals surface area contributed by atoms with E-state index in [1.165, 1.54) is 6.21 Å². The molecular weight excluding hydrogens is 178 g/mol. The van der Waals surface area contributed by atoms with Crippen molar-refractivity contribution in [2.75, 3.05) is 6.61 Å². The van der Waals surface area contributed by atoms with Crippen LogP contribution in [0.5, 0.6) is 0 Å². The zero-order valence-corrected chi connectivity index (χ0v) is 8.78. The van der Waals surface area contributed by atoms with Gasteiger partial charge in [-0.3, -0.25) is 9.79 Å². The zero-order chi connectivity index (χ0) is 11.0. The molecule has 0 aliphatic carbocycles. The Morgan fingerprint density at radius 2 is 2.29 bits per heavy atom. The molecule has 0 aliphatic heterocycles. The first kappa shape index (κ1) is 12.4. The van der Waals surface area contributed by atoms with Crippen LogP contribution in [-0.2, 0) is 9.53 Å². The molecular formula is C11H15NO2. The number of hydrogen-bond acceptors (Lipinski definition) is 3. The Bertz CT molecular complexity index is 282. The van der Waals surface area contributed by atoms with Crippen molar-refractivity contribution in [2.24, 2.45) is 10.9 Å². The Hall–Kier alpha value is -1.56. The first-order valence-electron chi connectivity index (χ1n) is 4.38. The first-order valence-corrected chi connectivity index (χ1v) is 4.38. The second-order valence-corrected chi connectivity index (χ2v) is 3.18. The minimum absolute atomic E-state index is 0.1000. The molecule has 0 heterocycles. The van der Waals surface area contributed by atoms with Crippen molar-refractivity contribution in [3.8, 4) is 12.3 Å². The summed E-state index contributed by atoms with van der Waals surface area (Å²) in [4.78, 5) is 14.9. The quantitative estimate of drug-likeness (QED) is 0.388. The van der Waals surface area contributed by atoms with E-state index in [4.69, 9.17) is 11.2 Å². The summed E-state index contributed by atoms with van der Waals surface area (Å²) >= 11 is 0. The van der Waals surface area contributed by atoms with Crippen molar-refractivity contribution in [1.29, 1.82) is 0 Å². The van der Waals surface area contributed by atoms with Crippen LogP contribution < -0.4 is 0 Å². The van der Waals surface area contributed by atoms with E-state index >= 15 is 0 Å². The molecule has 0 spiro atoms. The highest BCUT2D eigenvalue weighted by molar-refractivity contribution is 5.77. The van der Waals surface area contributed by atoms with Gasteiger partial charge in [-0.25, -0.2) is 0 Å². The highest BCUT2D eigenvalue weighted by Gasteiger charge is 2.07. The van der Waals surface area contributed by atoms with E-state index in [0.29, 0.717) is 0 Å². The van der Waals surface area contributed by atoms with Crippen LogP contribution in [0.15, 0.2) is 16.8 Å². The maximum Gasteiger partial charge on any atom is 0.308 e. The number of aliphatic imine (C=N–C) groups is 1. The summed E-state index contributed by atoms with van der Waals surface area (Å²) in [7, 11) is 0. The summed E-state index contributed by atoms with van der Waals surface area (Å²) in [5, 5.41) is 0. The predicted molar refractivity (Wildman–Crippen MR) is 56.9 cm³/mol. The molecule has 0 rings (SSSR count). The fraction of sp³-hybridized carbons (Fsp3) is 0.455. The number of rotatable bonds is 4. The number of terminal acetylenes is 1. The van der Waals surface area contributed by atoms with Gasteiger partial charge < -0.3 is 4.74 Å². The van der Waals surface area contributed by atoms with Crippen molar-refractivity contribution in [2.45, 2.75) is 20.8 Å². The average molecular weight is 193 g/mol. The second-order valence-electron chi connectivity index (χ2n) is 3.18. The Balaban J connectivity index is 3.91. The van der Waals surface area contributed by atoms with Gasteiger partial charge in [-0.15, -0.1) is 6.42 Å². The number of carbonyl (C=O) groups is 1. The third kappa shape index (κ3) is 6.01. The molecule has 0 saturated heterocycles. The third-order valence-corrected chi connectivity index (χ3v) is 1.36. The molecule has 14 heavy (non-hydrogen) atoms. The van der Waals surface area contributed by atoms with E-state index in [1.807, 2.05) is 6.92 Å². The molecule has 0 amide bonds. The fourth-order valence-electron chi connectivity index (χ4n) is 0.596. The van der Waals surface area contributed by atoms with Gasteiger partial charge in [0.05, 0.1) is 12.1 Å². The molecule has 0 aromatic carbocycles. The van der Waals surface area contributed by atoms with Crippen molar-refractivity contribution >= 4 is 12.2 Å². The van der Waals surface area contributed by atoms with E-state index in [2.05, 4.69) is 10.9 Å². The Labute approximate surface area is 84.9 Å². The minimum Gasteiger partial charge on any atom is -0.461 e. The molecule has 0 saturated carbocycles. The molecule has 0 unspecified atom stereocenters. The Morgan fingerprint density at radius 1 is 1.64 bits per heavy atom. The molecule has 0 atom stereocenters. The molecule has 0 aliphatic rings. The molecule has 3 nitrogen and oxygen atoms in total. The molecule has 0 radical (unpaired) electrons. The molecule has 0 bridgehead atoms. The molecule has 0 fully saturated rings. The van der Waals surface area contributed by atoms with Crippen LogP contribution in [0.3, 0.4) is 0 Å². The molecule has 76 valence electrons. The highest BCUT2D eigenvalue weighted by Crippen LogP contribution is 1.99. The lowest BCUT2D eigenvalue weighted by atomic mass is 10.2. The number of nitrogens with zero attached hydrogens (tertiary/aromatic N) is 1. The molecule has 0 aromatic rings. The van der Waals surface area contributed by atoms with Crippen molar-refractivity contribution in [3.63, 3.8) is 0 Å². The second kappa shape index (κ2) is 6.90. The van der Waals surface area contributed by atoms with Gasteiger partial charge in [-0.2, -0.15) is 0 Å². The van der Waals surface area contributed by atoms with Crippen molar-refractivity contribution < 1.29 is 9.53 Å². The van der Waals surface area contributed by atoms with E-state index in [-0.39, 0.29) is 18.5 Å². The highest BCUT2D eigenvalue weighted by atomic mass is 16.5. The summed E-state index contributed by atoms with van der Waals surface area (Å²) in [6.07, 6.45) is 7.88. The maximum absolute atomic E-state index is 11.1. The third-order valence-electron chi connectivity index (χ3n) is 1.36. The van der Waals surface area contributed by atoms with Crippen molar-refractivity contribution in [3.05, 3.63) is 11.8 Å². The monoisotopic (exact) mass is 193 g/mol. The Morgan fingerprint density at radius 3 is 2.79 bits per heavy atom. The maximum atomic E-state index is 11.1. The van der Waals surface area contributed by atoms with Gasteiger partial charge in [0.2, 0.25) is 0 Å². The smallest absolute Gasteiger partial charge is 0.308 e. The number of esters is 1. The lowest BCUT2D eigenvalue weighted by molar-refractivity contribution is -0.146. The van der Waals surface area contributed by atoms with Gasteiger partial charge in [0.1, 0.15) is 6.61 Å². The number of carbonyl (C=O) groups excluding carboxylic acids is 1. The van der Waals surface area contributed by atoms with Gasteiger partial charge in [0, 0.05) is 6.20 Å². The van der Waals surface area contributed by atoms with Crippen LogP contribution in [0.4, 0.5) is 0 Å². The normalized spacial score (nSPS) is 11.8. The summed E-state index contributed by atoms with van der Waals surface area (Å²) in [6.45, 7) is 5.66. The van der Waals surface area contributed by atoms with Crippen LogP contribution in [0.25, 0.3) is 0 Å².